The van der Waals surface area contributed by atoms with Gasteiger partial charge >= 0.3 is 0 Å². The molecule has 3 rings (SSSR count). The lowest BCUT2D eigenvalue weighted by Gasteiger charge is -2.10. The first-order valence-electron chi connectivity index (χ1n) is 6.75. The largest absolute Gasteiger partial charge is 0.357 e. The fourth-order valence-electron chi connectivity index (χ4n) is 2.10. The lowest BCUT2D eigenvalue weighted by molar-refractivity contribution is 0.991. The first-order chi connectivity index (χ1) is 9.65. The van der Waals surface area contributed by atoms with Crippen LogP contribution in [-0.2, 0) is 0 Å². The van der Waals surface area contributed by atoms with Gasteiger partial charge in [-0.2, -0.15) is 4.98 Å². The van der Waals surface area contributed by atoms with E-state index in [9.17, 15) is 0 Å². The number of nitrogens with one attached hydrogen (secondary N) is 2. The van der Waals surface area contributed by atoms with Gasteiger partial charge < -0.3 is 10.6 Å². The zero-order valence-corrected chi connectivity index (χ0v) is 13.2. The summed E-state index contributed by atoms with van der Waals surface area (Å²) in [4.78, 5) is 8.98. The number of halogens is 1. The highest BCUT2D eigenvalue weighted by molar-refractivity contribution is 9.10. The summed E-state index contributed by atoms with van der Waals surface area (Å²) in [6.45, 7) is 2.07. The van der Waals surface area contributed by atoms with Gasteiger partial charge in [0.2, 0.25) is 5.95 Å². The molecule has 0 spiro atoms. The minimum Gasteiger partial charge on any atom is -0.357 e. The number of rotatable bonds is 4. The normalized spacial score (nSPS) is 14.2. The van der Waals surface area contributed by atoms with Crippen LogP contribution in [0.25, 0.3) is 0 Å². The number of aryl methyl sites for hydroxylation is 1. The fourth-order valence-corrected chi connectivity index (χ4v) is 2.35. The number of hydrogen-bond acceptors (Lipinski definition) is 4. The maximum atomic E-state index is 4.52. The summed E-state index contributed by atoms with van der Waals surface area (Å²) in [6.07, 6.45) is 2.47. The molecule has 2 N–H and O–H groups in total. The minimum atomic E-state index is 0.609. The van der Waals surface area contributed by atoms with Gasteiger partial charge in [0, 0.05) is 29.2 Å². The van der Waals surface area contributed by atoms with E-state index in [4.69, 9.17) is 0 Å². The van der Waals surface area contributed by atoms with E-state index in [-0.39, 0.29) is 0 Å². The zero-order chi connectivity index (χ0) is 14.1. The van der Waals surface area contributed by atoms with Crippen LogP contribution in [0.5, 0.6) is 0 Å². The zero-order valence-electron chi connectivity index (χ0n) is 11.6. The van der Waals surface area contributed by atoms with Crippen molar-refractivity contribution in [3.63, 3.8) is 0 Å². The third-order valence-corrected chi connectivity index (χ3v) is 4.29. The number of aromatic nitrogens is 2. The maximum Gasteiger partial charge on any atom is 0.224 e. The Morgan fingerprint density at radius 2 is 2.00 bits per heavy atom. The van der Waals surface area contributed by atoms with Crippen molar-refractivity contribution in [3.8, 4) is 0 Å². The topological polar surface area (TPSA) is 49.8 Å². The summed E-state index contributed by atoms with van der Waals surface area (Å²) in [5, 5.41) is 6.38. The van der Waals surface area contributed by atoms with E-state index in [0.717, 1.165) is 21.7 Å². The Kier molecular flexibility index (Phi) is 3.61. The maximum absolute atomic E-state index is 4.52. The van der Waals surface area contributed by atoms with E-state index < -0.39 is 0 Å². The smallest absolute Gasteiger partial charge is 0.224 e. The van der Waals surface area contributed by atoms with Gasteiger partial charge in [-0.25, -0.2) is 4.98 Å². The van der Waals surface area contributed by atoms with Crippen molar-refractivity contribution in [3.05, 3.63) is 40.0 Å². The fraction of sp³-hybridized carbons (Fsp3) is 0.333. The second kappa shape index (κ2) is 5.40. The lowest BCUT2D eigenvalue weighted by Crippen LogP contribution is -2.03. The Bertz CT molecular complexity index is 638. The van der Waals surface area contributed by atoms with E-state index in [2.05, 4.69) is 55.6 Å². The summed E-state index contributed by atoms with van der Waals surface area (Å²) in [5.41, 5.74) is 3.36. The molecule has 1 aromatic carbocycles. The summed E-state index contributed by atoms with van der Waals surface area (Å²) >= 11 is 3.51. The molecule has 1 aliphatic rings. The molecule has 0 amide bonds. The number of benzene rings is 1. The highest BCUT2D eigenvalue weighted by atomic mass is 79.9. The third kappa shape index (κ3) is 2.93. The minimum absolute atomic E-state index is 0.609. The molecule has 1 aliphatic carbocycles. The average Bonchev–Trinajstić information content (AvgIpc) is 3.27. The molecule has 1 saturated carbocycles. The Labute approximate surface area is 127 Å². The monoisotopic (exact) mass is 332 g/mol. The molecule has 5 heteroatoms. The van der Waals surface area contributed by atoms with Crippen molar-refractivity contribution in [2.45, 2.75) is 25.7 Å². The molecule has 0 atom stereocenters. The van der Waals surface area contributed by atoms with Gasteiger partial charge in [-0.15, -0.1) is 0 Å². The molecule has 0 unspecified atom stereocenters. The Hall–Kier alpha value is -1.62. The molecule has 20 heavy (non-hydrogen) atoms. The van der Waals surface area contributed by atoms with Crippen molar-refractivity contribution in [1.82, 2.24) is 9.97 Å². The Balaban J connectivity index is 1.88. The molecule has 1 aromatic heterocycles. The summed E-state index contributed by atoms with van der Waals surface area (Å²) in [6, 6.07) is 8.23. The van der Waals surface area contributed by atoms with Crippen LogP contribution >= 0.6 is 15.9 Å². The van der Waals surface area contributed by atoms with E-state index in [1.54, 1.807) is 0 Å². The molecule has 0 saturated heterocycles. The van der Waals surface area contributed by atoms with Gasteiger partial charge in [0.05, 0.1) is 5.69 Å². The lowest BCUT2D eigenvalue weighted by atomic mass is 10.2. The van der Waals surface area contributed by atoms with Crippen molar-refractivity contribution in [2.24, 2.45) is 0 Å². The number of hydrogen-bond donors (Lipinski definition) is 2. The van der Waals surface area contributed by atoms with Crippen LogP contribution in [0.1, 0.15) is 30.0 Å². The summed E-state index contributed by atoms with van der Waals surface area (Å²) < 4.78 is 1.11. The second-order valence-electron chi connectivity index (χ2n) is 5.11. The number of anilines is 3. The van der Waals surface area contributed by atoms with Crippen LogP contribution in [0.4, 0.5) is 17.5 Å². The first-order valence-corrected chi connectivity index (χ1v) is 7.55. The first kappa shape index (κ1) is 13.4. The van der Waals surface area contributed by atoms with Crippen molar-refractivity contribution < 1.29 is 0 Å². The molecule has 1 heterocycles. The molecule has 4 nitrogen and oxygen atoms in total. The molecule has 0 aliphatic heterocycles. The van der Waals surface area contributed by atoms with Crippen LogP contribution < -0.4 is 10.6 Å². The quantitative estimate of drug-likeness (QED) is 0.880. The summed E-state index contributed by atoms with van der Waals surface area (Å²) in [5.74, 6) is 2.12. The summed E-state index contributed by atoms with van der Waals surface area (Å²) in [7, 11) is 1.85. The molecule has 0 radical (unpaired) electrons. The van der Waals surface area contributed by atoms with Crippen molar-refractivity contribution >= 4 is 33.4 Å². The van der Waals surface area contributed by atoms with Gasteiger partial charge in [-0.1, -0.05) is 15.9 Å². The molecule has 0 bridgehead atoms. The van der Waals surface area contributed by atoms with Gasteiger partial charge in [0.1, 0.15) is 5.82 Å². The van der Waals surface area contributed by atoms with Crippen molar-refractivity contribution in [1.29, 1.82) is 0 Å². The van der Waals surface area contributed by atoms with E-state index in [1.807, 2.05) is 19.2 Å². The van der Waals surface area contributed by atoms with Gasteiger partial charge in [0.25, 0.3) is 0 Å². The third-order valence-electron chi connectivity index (χ3n) is 3.40. The van der Waals surface area contributed by atoms with Crippen LogP contribution in [0, 0.1) is 6.92 Å². The van der Waals surface area contributed by atoms with Crippen LogP contribution in [0.3, 0.4) is 0 Å². The van der Waals surface area contributed by atoms with Gasteiger partial charge in [0.15, 0.2) is 0 Å². The number of nitrogens with zero attached hydrogens (tertiary/aromatic N) is 2. The molecule has 2 aromatic rings. The van der Waals surface area contributed by atoms with Crippen LogP contribution in [0.2, 0.25) is 0 Å². The van der Waals surface area contributed by atoms with Crippen LogP contribution in [-0.4, -0.2) is 17.0 Å². The molecule has 104 valence electrons. The van der Waals surface area contributed by atoms with Crippen LogP contribution in [0.15, 0.2) is 28.7 Å². The molecular formula is C15H17BrN4. The van der Waals surface area contributed by atoms with Crippen molar-refractivity contribution in [2.75, 3.05) is 17.7 Å². The predicted octanol–water partition coefficient (Wildman–Crippen LogP) is 4.21. The average molecular weight is 333 g/mol. The highest BCUT2D eigenvalue weighted by Crippen LogP contribution is 2.40. The van der Waals surface area contributed by atoms with Gasteiger partial charge in [-0.05, 0) is 43.5 Å². The van der Waals surface area contributed by atoms with E-state index in [0.29, 0.717) is 11.9 Å². The molecule has 1 fully saturated rings. The predicted molar refractivity (Wildman–Crippen MR) is 85.7 cm³/mol. The van der Waals surface area contributed by atoms with Gasteiger partial charge in [-0.3, -0.25) is 0 Å². The Morgan fingerprint density at radius 3 is 2.65 bits per heavy atom. The van der Waals surface area contributed by atoms with E-state index in [1.165, 1.54) is 18.4 Å². The standard InChI is InChI=1S/C15H17BrN4/c1-9-7-11(5-6-12(9)16)18-14-8-13(10-3-4-10)19-15(17-2)20-14/h5-8,10H,3-4H2,1-2H3,(H2,17,18,19,20). The SMILES string of the molecule is CNc1nc(Nc2ccc(Br)c(C)c2)cc(C2CC2)n1. The molecular weight excluding hydrogens is 316 g/mol. The highest BCUT2D eigenvalue weighted by Gasteiger charge is 2.26. The van der Waals surface area contributed by atoms with E-state index >= 15 is 0 Å². The Morgan fingerprint density at radius 1 is 1.20 bits per heavy atom. The second-order valence-corrected chi connectivity index (χ2v) is 5.97.